The maximum atomic E-state index is 5.35. The monoisotopic (exact) mass is 306 g/mol. The number of fused-ring (bicyclic) bond motifs is 1. The summed E-state index contributed by atoms with van der Waals surface area (Å²) in [6.07, 6.45) is 1.73. The minimum atomic E-state index is 0.716. The van der Waals surface area contributed by atoms with E-state index in [1.54, 1.807) is 20.4 Å². The smallest absolute Gasteiger partial charge is 0.131 e. The first-order valence-corrected chi connectivity index (χ1v) is 7.30. The van der Waals surface area contributed by atoms with Crippen LogP contribution < -0.4 is 14.9 Å². The summed E-state index contributed by atoms with van der Waals surface area (Å²) in [4.78, 5) is 0. The Morgan fingerprint density at radius 3 is 2.48 bits per heavy atom. The third-order valence-electron chi connectivity index (χ3n) is 3.59. The zero-order chi connectivity index (χ0) is 16.1. The van der Waals surface area contributed by atoms with Gasteiger partial charge in [-0.05, 0) is 35.0 Å². The Labute approximate surface area is 135 Å². The Morgan fingerprint density at radius 1 is 0.870 bits per heavy atom. The van der Waals surface area contributed by atoms with Crippen molar-refractivity contribution < 1.29 is 9.47 Å². The van der Waals surface area contributed by atoms with Crippen molar-refractivity contribution in [2.24, 2.45) is 5.10 Å². The van der Waals surface area contributed by atoms with E-state index in [-0.39, 0.29) is 0 Å². The minimum absolute atomic E-state index is 0.716. The molecule has 0 spiro atoms. The van der Waals surface area contributed by atoms with E-state index in [4.69, 9.17) is 9.47 Å². The number of nitrogens with zero attached hydrogens (tertiary/aromatic N) is 1. The molecule has 3 aromatic rings. The Bertz CT molecular complexity index is 844. The summed E-state index contributed by atoms with van der Waals surface area (Å²) < 4.78 is 10.5. The zero-order valence-electron chi connectivity index (χ0n) is 13.1. The lowest BCUT2D eigenvalue weighted by Gasteiger charge is -2.07. The molecule has 0 amide bonds. The fourth-order valence-electron chi connectivity index (χ4n) is 2.36. The van der Waals surface area contributed by atoms with Crippen molar-refractivity contribution in [1.82, 2.24) is 0 Å². The van der Waals surface area contributed by atoms with Crippen LogP contribution in [0.3, 0.4) is 0 Å². The highest BCUT2D eigenvalue weighted by Crippen LogP contribution is 2.23. The van der Waals surface area contributed by atoms with Crippen LogP contribution in [-0.2, 0) is 0 Å². The van der Waals surface area contributed by atoms with Gasteiger partial charge in [0.1, 0.15) is 11.5 Å². The van der Waals surface area contributed by atoms with E-state index in [1.807, 2.05) is 36.4 Å². The molecule has 0 radical (unpaired) electrons. The standard InChI is InChI=1S/C19H18N2O2/c1-22-18-10-8-16(19(12-18)23-2)13-20-21-17-9-7-14-5-3-4-6-15(14)11-17/h3-13,21H,1-2H3/b20-13-. The van der Waals surface area contributed by atoms with Crippen molar-refractivity contribution in [3.63, 3.8) is 0 Å². The highest BCUT2D eigenvalue weighted by atomic mass is 16.5. The van der Waals surface area contributed by atoms with Crippen LogP contribution >= 0.6 is 0 Å². The highest BCUT2D eigenvalue weighted by molar-refractivity contribution is 5.87. The molecule has 0 atom stereocenters. The lowest BCUT2D eigenvalue weighted by atomic mass is 10.1. The van der Waals surface area contributed by atoms with Gasteiger partial charge in [0.25, 0.3) is 0 Å². The van der Waals surface area contributed by atoms with Crippen molar-refractivity contribution in [2.75, 3.05) is 19.6 Å². The molecule has 116 valence electrons. The van der Waals surface area contributed by atoms with Gasteiger partial charge >= 0.3 is 0 Å². The van der Waals surface area contributed by atoms with Crippen molar-refractivity contribution >= 4 is 22.7 Å². The summed E-state index contributed by atoms with van der Waals surface area (Å²) in [6.45, 7) is 0. The van der Waals surface area contributed by atoms with E-state index >= 15 is 0 Å². The van der Waals surface area contributed by atoms with Crippen molar-refractivity contribution in [3.8, 4) is 11.5 Å². The molecule has 23 heavy (non-hydrogen) atoms. The van der Waals surface area contributed by atoms with Crippen LogP contribution in [-0.4, -0.2) is 20.4 Å². The van der Waals surface area contributed by atoms with Gasteiger partial charge in [-0.15, -0.1) is 0 Å². The van der Waals surface area contributed by atoms with Crippen LogP contribution in [0.2, 0.25) is 0 Å². The molecule has 0 aliphatic heterocycles. The van der Waals surface area contributed by atoms with Gasteiger partial charge in [-0.3, -0.25) is 5.43 Å². The minimum Gasteiger partial charge on any atom is -0.497 e. The molecular formula is C19H18N2O2. The fourth-order valence-corrected chi connectivity index (χ4v) is 2.36. The number of nitrogens with one attached hydrogen (secondary N) is 1. The summed E-state index contributed by atoms with van der Waals surface area (Å²) in [5.41, 5.74) is 4.86. The molecule has 0 heterocycles. The van der Waals surface area contributed by atoms with Crippen LogP contribution in [0.1, 0.15) is 5.56 Å². The number of rotatable bonds is 5. The average molecular weight is 306 g/mol. The first-order valence-electron chi connectivity index (χ1n) is 7.30. The number of hydrazone groups is 1. The van der Waals surface area contributed by atoms with E-state index in [1.165, 1.54) is 10.8 Å². The largest absolute Gasteiger partial charge is 0.497 e. The van der Waals surface area contributed by atoms with E-state index in [2.05, 4.69) is 34.8 Å². The van der Waals surface area contributed by atoms with Gasteiger partial charge in [-0.1, -0.05) is 30.3 Å². The molecule has 0 bridgehead atoms. The zero-order valence-corrected chi connectivity index (χ0v) is 13.1. The fraction of sp³-hybridized carbons (Fsp3) is 0.105. The molecule has 0 saturated heterocycles. The number of benzene rings is 3. The summed E-state index contributed by atoms with van der Waals surface area (Å²) in [7, 11) is 3.26. The first kappa shape index (κ1) is 14.9. The Morgan fingerprint density at radius 2 is 1.70 bits per heavy atom. The highest BCUT2D eigenvalue weighted by Gasteiger charge is 2.02. The van der Waals surface area contributed by atoms with E-state index < -0.39 is 0 Å². The lowest BCUT2D eigenvalue weighted by Crippen LogP contribution is -1.95. The number of hydrogen-bond acceptors (Lipinski definition) is 4. The molecule has 1 N–H and O–H groups in total. The van der Waals surface area contributed by atoms with Crippen LogP contribution in [0.25, 0.3) is 10.8 Å². The summed E-state index contributed by atoms with van der Waals surface area (Å²) in [5, 5.41) is 6.67. The third kappa shape index (κ3) is 3.43. The van der Waals surface area contributed by atoms with Crippen LogP contribution in [0.4, 0.5) is 5.69 Å². The number of anilines is 1. The van der Waals surface area contributed by atoms with Gasteiger partial charge in [-0.25, -0.2) is 0 Å². The second kappa shape index (κ2) is 6.83. The van der Waals surface area contributed by atoms with E-state index in [0.29, 0.717) is 5.75 Å². The quantitative estimate of drug-likeness (QED) is 0.564. The van der Waals surface area contributed by atoms with Crippen molar-refractivity contribution in [1.29, 1.82) is 0 Å². The van der Waals surface area contributed by atoms with Gasteiger partial charge < -0.3 is 9.47 Å². The topological polar surface area (TPSA) is 42.8 Å². The molecule has 0 saturated carbocycles. The van der Waals surface area contributed by atoms with Crippen LogP contribution in [0.15, 0.2) is 65.8 Å². The number of methoxy groups -OCH3 is 2. The third-order valence-corrected chi connectivity index (χ3v) is 3.59. The van der Waals surface area contributed by atoms with Gasteiger partial charge in [0.15, 0.2) is 0 Å². The SMILES string of the molecule is COc1ccc(/C=N\Nc2ccc3ccccc3c2)c(OC)c1. The molecule has 3 rings (SSSR count). The Hall–Kier alpha value is -3.01. The predicted octanol–water partition coefficient (Wildman–Crippen LogP) is 4.30. The number of ether oxygens (including phenoxy) is 2. The first-order chi connectivity index (χ1) is 11.3. The van der Waals surface area contributed by atoms with Crippen molar-refractivity contribution in [3.05, 3.63) is 66.2 Å². The molecule has 0 aliphatic rings. The molecule has 0 aromatic heterocycles. The lowest BCUT2D eigenvalue weighted by molar-refractivity contribution is 0.394. The Balaban J connectivity index is 1.77. The van der Waals surface area contributed by atoms with Gasteiger partial charge in [0.05, 0.1) is 26.1 Å². The second-order valence-corrected chi connectivity index (χ2v) is 5.04. The molecule has 4 heteroatoms. The van der Waals surface area contributed by atoms with Gasteiger partial charge in [0, 0.05) is 11.6 Å². The molecule has 0 aliphatic carbocycles. The van der Waals surface area contributed by atoms with Gasteiger partial charge in [-0.2, -0.15) is 5.10 Å². The van der Waals surface area contributed by atoms with E-state index in [9.17, 15) is 0 Å². The Kier molecular flexibility index (Phi) is 4.43. The maximum absolute atomic E-state index is 5.35. The summed E-state index contributed by atoms with van der Waals surface area (Å²) in [5.74, 6) is 1.47. The second-order valence-electron chi connectivity index (χ2n) is 5.04. The predicted molar refractivity (Wildman–Crippen MR) is 94.7 cm³/mol. The average Bonchev–Trinajstić information content (AvgIpc) is 2.61. The maximum Gasteiger partial charge on any atom is 0.131 e. The van der Waals surface area contributed by atoms with Gasteiger partial charge in [0.2, 0.25) is 0 Å². The molecule has 0 unspecified atom stereocenters. The van der Waals surface area contributed by atoms with E-state index in [0.717, 1.165) is 17.0 Å². The molecule has 4 nitrogen and oxygen atoms in total. The molecule has 3 aromatic carbocycles. The number of hydrogen-bond donors (Lipinski definition) is 1. The summed E-state index contributed by atoms with van der Waals surface area (Å²) in [6, 6.07) is 20.0. The summed E-state index contributed by atoms with van der Waals surface area (Å²) >= 11 is 0. The normalized spacial score (nSPS) is 10.9. The van der Waals surface area contributed by atoms with Crippen molar-refractivity contribution in [2.45, 2.75) is 0 Å². The van der Waals surface area contributed by atoms with Crippen LogP contribution in [0, 0.1) is 0 Å². The molecule has 0 fully saturated rings. The molecular weight excluding hydrogens is 288 g/mol. The van der Waals surface area contributed by atoms with Crippen LogP contribution in [0.5, 0.6) is 11.5 Å².